The van der Waals surface area contributed by atoms with Gasteiger partial charge in [-0.1, -0.05) is 24.3 Å². The van der Waals surface area contributed by atoms with Crippen LogP contribution in [0.25, 0.3) is 33.4 Å². The molecule has 0 aliphatic heterocycles. The number of rotatable bonds is 4. The third-order valence-electron chi connectivity index (χ3n) is 5.47. The molecule has 2 aromatic heterocycles. The molecule has 0 unspecified atom stereocenters. The Hall–Kier alpha value is -3.86. The lowest BCUT2D eigenvalue weighted by molar-refractivity contribution is -0.115. The third-order valence-corrected chi connectivity index (χ3v) is 5.47. The lowest BCUT2D eigenvalue weighted by Gasteiger charge is -2.09. The molecule has 0 aliphatic carbocycles. The van der Waals surface area contributed by atoms with Gasteiger partial charge in [-0.25, -0.2) is 4.98 Å². The number of nitrogens with zero attached hydrogens (tertiary/aromatic N) is 1. The van der Waals surface area contributed by atoms with Crippen molar-refractivity contribution < 1.29 is 9.21 Å². The van der Waals surface area contributed by atoms with Crippen LogP contribution >= 0.6 is 0 Å². The Balaban J connectivity index is 1.43. The highest BCUT2D eigenvalue weighted by Crippen LogP contribution is 2.29. The first kappa shape index (κ1) is 18.2. The van der Waals surface area contributed by atoms with Crippen LogP contribution in [-0.2, 0) is 11.2 Å². The maximum atomic E-state index is 12.8. The molecule has 0 aliphatic rings. The normalized spacial score (nSPS) is 11.3. The average molecular weight is 395 g/mol. The summed E-state index contributed by atoms with van der Waals surface area (Å²) in [5.41, 5.74) is 7.48. The Kier molecular flexibility index (Phi) is 4.36. The number of para-hydroxylation sites is 3. The van der Waals surface area contributed by atoms with Gasteiger partial charge in [0.05, 0.1) is 29.4 Å². The van der Waals surface area contributed by atoms with Crippen molar-refractivity contribution in [2.75, 3.05) is 5.32 Å². The van der Waals surface area contributed by atoms with E-state index in [-0.39, 0.29) is 12.3 Å². The van der Waals surface area contributed by atoms with E-state index >= 15 is 0 Å². The van der Waals surface area contributed by atoms with Crippen LogP contribution in [0.2, 0.25) is 0 Å². The van der Waals surface area contributed by atoms with E-state index in [4.69, 9.17) is 4.42 Å². The monoisotopic (exact) mass is 395 g/mol. The molecule has 30 heavy (non-hydrogen) atoms. The SMILES string of the molecule is Cc1cc2occ(CC(=O)Nc3ccccc3-c3nc4ccccc4[nH]3)c2cc1C. The Morgan fingerprint density at radius 2 is 1.80 bits per heavy atom. The van der Waals surface area contributed by atoms with Crippen molar-refractivity contribution in [3.8, 4) is 11.4 Å². The van der Waals surface area contributed by atoms with Gasteiger partial charge >= 0.3 is 0 Å². The number of carbonyl (C=O) groups excluding carboxylic acids is 1. The second-order valence-corrected chi connectivity index (χ2v) is 7.57. The van der Waals surface area contributed by atoms with Gasteiger partial charge in [0.25, 0.3) is 0 Å². The zero-order chi connectivity index (χ0) is 20.7. The summed E-state index contributed by atoms with van der Waals surface area (Å²) in [7, 11) is 0. The minimum Gasteiger partial charge on any atom is -0.464 e. The number of benzene rings is 3. The fourth-order valence-corrected chi connectivity index (χ4v) is 3.72. The quantitative estimate of drug-likeness (QED) is 0.405. The molecule has 5 aromatic rings. The molecule has 3 aromatic carbocycles. The molecule has 5 heteroatoms. The summed E-state index contributed by atoms with van der Waals surface area (Å²) in [6, 6.07) is 19.7. The summed E-state index contributed by atoms with van der Waals surface area (Å²) < 4.78 is 5.67. The Bertz CT molecular complexity index is 1360. The van der Waals surface area contributed by atoms with E-state index < -0.39 is 0 Å². The van der Waals surface area contributed by atoms with Crippen LogP contribution < -0.4 is 5.32 Å². The molecule has 0 spiro atoms. The van der Waals surface area contributed by atoms with Crippen molar-refractivity contribution in [1.29, 1.82) is 0 Å². The van der Waals surface area contributed by atoms with Gasteiger partial charge in [0, 0.05) is 16.5 Å². The van der Waals surface area contributed by atoms with Crippen molar-refractivity contribution in [1.82, 2.24) is 9.97 Å². The van der Waals surface area contributed by atoms with Gasteiger partial charge in [-0.2, -0.15) is 0 Å². The van der Waals surface area contributed by atoms with E-state index in [0.717, 1.165) is 44.6 Å². The molecule has 2 heterocycles. The molecular formula is C25H21N3O2. The van der Waals surface area contributed by atoms with E-state index in [0.29, 0.717) is 0 Å². The fraction of sp³-hybridized carbons (Fsp3) is 0.120. The maximum Gasteiger partial charge on any atom is 0.228 e. The topological polar surface area (TPSA) is 70.9 Å². The first-order chi connectivity index (χ1) is 14.6. The summed E-state index contributed by atoms with van der Waals surface area (Å²) in [5, 5.41) is 4.03. The highest BCUT2D eigenvalue weighted by atomic mass is 16.3. The number of aromatic nitrogens is 2. The van der Waals surface area contributed by atoms with E-state index in [1.807, 2.05) is 54.6 Å². The van der Waals surface area contributed by atoms with Gasteiger partial charge in [0.15, 0.2) is 0 Å². The molecule has 0 atom stereocenters. The van der Waals surface area contributed by atoms with E-state index in [1.54, 1.807) is 6.26 Å². The molecule has 5 nitrogen and oxygen atoms in total. The summed E-state index contributed by atoms with van der Waals surface area (Å²) in [4.78, 5) is 20.8. The molecule has 5 rings (SSSR count). The van der Waals surface area contributed by atoms with Crippen LogP contribution in [0.3, 0.4) is 0 Å². The van der Waals surface area contributed by atoms with E-state index in [1.165, 1.54) is 11.1 Å². The molecule has 0 bridgehead atoms. The number of anilines is 1. The van der Waals surface area contributed by atoms with Gasteiger partial charge in [-0.3, -0.25) is 4.79 Å². The highest BCUT2D eigenvalue weighted by Gasteiger charge is 2.15. The van der Waals surface area contributed by atoms with Crippen LogP contribution in [-0.4, -0.2) is 15.9 Å². The lowest BCUT2D eigenvalue weighted by Crippen LogP contribution is -2.15. The van der Waals surface area contributed by atoms with Crippen molar-refractivity contribution >= 4 is 33.6 Å². The van der Waals surface area contributed by atoms with Gasteiger partial charge < -0.3 is 14.7 Å². The maximum absolute atomic E-state index is 12.8. The van der Waals surface area contributed by atoms with Gasteiger partial charge in [-0.05, 0) is 61.4 Å². The zero-order valence-corrected chi connectivity index (χ0v) is 16.8. The number of nitrogens with one attached hydrogen (secondary N) is 2. The highest BCUT2D eigenvalue weighted by molar-refractivity contribution is 5.98. The molecule has 0 radical (unpaired) electrons. The standard InChI is InChI=1S/C25H21N3O2/c1-15-11-19-17(14-30-23(19)12-16(15)2)13-24(29)26-20-8-4-3-7-18(20)25-27-21-9-5-6-10-22(21)28-25/h3-12,14H,13H2,1-2H3,(H,26,29)(H,27,28). The van der Waals surface area contributed by atoms with Crippen molar-refractivity contribution in [3.63, 3.8) is 0 Å². The predicted octanol–water partition coefficient (Wildman–Crippen LogP) is 5.77. The first-order valence-corrected chi connectivity index (χ1v) is 9.90. The van der Waals surface area contributed by atoms with Crippen molar-refractivity contribution in [3.05, 3.63) is 83.6 Å². The Labute approximate surface area is 173 Å². The summed E-state index contributed by atoms with van der Waals surface area (Å²) in [6.07, 6.45) is 1.91. The smallest absolute Gasteiger partial charge is 0.228 e. The third kappa shape index (κ3) is 3.24. The largest absolute Gasteiger partial charge is 0.464 e. The van der Waals surface area contributed by atoms with Crippen LogP contribution in [0.4, 0.5) is 5.69 Å². The fourth-order valence-electron chi connectivity index (χ4n) is 3.72. The number of furan rings is 1. The van der Waals surface area contributed by atoms with Crippen LogP contribution in [0.5, 0.6) is 0 Å². The lowest BCUT2D eigenvalue weighted by atomic mass is 10.0. The number of imidazole rings is 1. The van der Waals surface area contributed by atoms with Crippen molar-refractivity contribution in [2.45, 2.75) is 20.3 Å². The molecule has 1 amide bonds. The minimum atomic E-state index is -0.0977. The minimum absolute atomic E-state index is 0.0977. The van der Waals surface area contributed by atoms with Crippen molar-refractivity contribution in [2.24, 2.45) is 0 Å². The van der Waals surface area contributed by atoms with Crippen LogP contribution in [0, 0.1) is 13.8 Å². The number of carbonyl (C=O) groups is 1. The Morgan fingerprint density at radius 1 is 1.03 bits per heavy atom. The average Bonchev–Trinajstić information content (AvgIpc) is 3.33. The van der Waals surface area contributed by atoms with Gasteiger partial charge in [-0.15, -0.1) is 0 Å². The second kappa shape index (κ2) is 7.19. The summed E-state index contributed by atoms with van der Waals surface area (Å²) in [6.45, 7) is 4.12. The number of amides is 1. The first-order valence-electron chi connectivity index (χ1n) is 9.90. The predicted molar refractivity (Wildman–Crippen MR) is 120 cm³/mol. The molecule has 0 saturated carbocycles. The van der Waals surface area contributed by atoms with Gasteiger partial charge in [0.1, 0.15) is 11.4 Å². The molecular weight excluding hydrogens is 374 g/mol. The van der Waals surface area contributed by atoms with Crippen LogP contribution in [0.15, 0.2) is 71.3 Å². The zero-order valence-electron chi connectivity index (χ0n) is 16.8. The number of H-pyrrole nitrogens is 1. The number of fused-ring (bicyclic) bond motifs is 2. The number of aromatic amines is 1. The number of hydrogen-bond donors (Lipinski definition) is 2. The van der Waals surface area contributed by atoms with E-state index in [2.05, 4.69) is 35.2 Å². The molecule has 0 fully saturated rings. The Morgan fingerprint density at radius 3 is 2.67 bits per heavy atom. The number of hydrogen-bond acceptors (Lipinski definition) is 3. The molecule has 2 N–H and O–H groups in total. The van der Waals surface area contributed by atoms with Gasteiger partial charge in [0.2, 0.25) is 5.91 Å². The second-order valence-electron chi connectivity index (χ2n) is 7.57. The summed E-state index contributed by atoms with van der Waals surface area (Å²) in [5.74, 6) is 0.631. The number of aryl methyl sites for hydroxylation is 2. The van der Waals surface area contributed by atoms with Crippen LogP contribution in [0.1, 0.15) is 16.7 Å². The molecule has 148 valence electrons. The van der Waals surface area contributed by atoms with E-state index in [9.17, 15) is 4.79 Å². The molecule has 0 saturated heterocycles. The summed E-state index contributed by atoms with van der Waals surface area (Å²) >= 11 is 0.